The number of rotatable bonds is 4. The molecule has 0 radical (unpaired) electrons. The predicted octanol–water partition coefficient (Wildman–Crippen LogP) is 2.94. The Bertz CT molecular complexity index is 865. The predicted molar refractivity (Wildman–Crippen MR) is 92.2 cm³/mol. The summed E-state index contributed by atoms with van der Waals surface area (Å²) in [5.41, 5.74) is 5.35. The molecule has 0 atom stereocenters. The van der Waals surface area contributed by atoms with E-state index in [1.165, 1.54) is 0 Å². The highest BCUT2D eigenvalue weighted by Gasteiger charge is 2.11. The van der Waals surface area contributed by atoms with E-state index in [-0.39, 0.29) is 5.91 Å². The average molecular weight is 372 g/mol. The van der Waals surface area contributed by atoms with Crippen molar-refractivity contribution in [2.24, 2.45) is 12.1 Å². The second-order valence-electron chi connectivity index (χ2n) is 4.93. The van der Waals surface area contributed by atoms with Crippen molar-refractivity contribution >= 4 is 28.1 Å². The SMILES string of the molecule is Cn1cccc1-c1cc(C(=O)NN=Cc2cccc(Br)c2)[nH]n1. The van der Waals surface area contributed by atoms with Crippen LogP contribution in [0, 0.1) is 0 Å². The summed E-state index contributed by atoms with van der Waals surface area (Å²) in [6.07, 6.45) is 3.50. The molecule has 0 unspecified atom stereocenters. The molecule has 1 aromatic carbocycles. The molecule has 1 amide bonds. The maximum atomic E-state index is 12.1. The van der Waals surface area contributed by atoms with Gasteiger partial charge in [-0.15, -0.1) is 0 Å². The maximum Gasteiger partial charge on any atom is 0.289 e. The van der Waals surface area contributed by atoms with E-state index in [2.05, 4.69) is 36.7 Å². The number of benzene rings is 1. The fraction of sp³-hybridized carbons (Fsp3) is 0.0625. The summed E-state index contributed by atoms with van der Waals surface area (Å²) < 4.78 is 2.89. The van der Waals surface area contributed by atoms with Gasteiger partial charge in [-0.2, -0.15) is 10.2 Å². The quantitative estimate of drug-likeness (QED) is 0.546. The third kappa shape index (κ3) is 3.57. The van der Waals surface area contributed by atoms with Gasteiger partial charge in [-0.3, -0.25) is 9.89 Å². The Balaban J connectivity index is 1.67. The zero-order valence-electron chi connectivity index (χ0n) is 12.3. The molecule has 0 aliphatic rings. The van der Waals surface area contributed by atoms with Crippen molar-refractivity contribution in [3.63, 3.8) is 0 Å². The summed E-state index contributed by atoms with van der Waals surface area (Å²) in [6, 6.07) is 13.2. The Hall–Kier alpha value is -2.67. The van der Waals surface area contributed by atoms with E-state index in [1.54, 1.807) is 12.3 Å². The number of nitrogens with zero attached hydrogens (tertiary/aromatic N) is 3. The van der Waals surface area contributed by atoms with Gasteiger partial charge in [0.25, 0.3) is 5.91 Å². The van der Waals surface area contributed by atoms with E-state index in [1.807, 2.05) is 54.2 Å². The normalized spacial score (nSPS) is 11.0. The van der Waals surface area contributed by atoms with Crippen LogP contribution in [0.5, 0.6) is 0 Å². The van der Waals surface area contributed by atoms with Crippen LogP contribution in [0.2, 0.25) is 0 Å². The minimum Gasteiger partial charge on any atom is -0.349 e. The summed E-state index contributed by atoms with van der Waals surface area (Å²) in [5.74, 6) is -0.343. The van der Waals surface area contributed by atoms with Gasteiger partial charge in [0.05, 0.1) is 11.9 Å². The summed E-state index contributed by atoms with van der Waals surface area (Å²) in [5, 5.41) is 10.8. The monoisotopic (exact) mass is 371 g/mol. The molecule has 3 rings (SSSR count). The molecule has 2 N–H and O–H groups in total. The second-order valence-corrected chi connectivity index (χ2v) is 5.84. The standard InChI is InChI=1S/C16H14BrN5O/c1-22-7-3-6-15(22)13-9-14(20-19-13)16(23)21-18-10-11-4-2-5-12(17)8-11/h2-10H,1H3,(H,19,20)(H,21,23). The van der Waals surface area contributed by atoms with Crippen LogP contribution in [-0.4, -0.2) is 26.9 Å². The molecule has 2 heterocycles. The molecule has 0 fully saturated rings. The molecule has 23 heavy (non-hydrogen) atoms. The van der Waals surface area contributed by atoms with Crippen LogP contribution in [0.4, 0.5) is 0 Å². The fourth-order valence-electron chi connectivity index (χ4n) is 2.11. The lowest BCUT2D eigenvalue weighted by molar-refractivity contribution is 0.0950. The molecular weight excluding hydrogens is 358 g/mol. The minimum absolute atomic E-state index is 0.343. The molecule has 0 saturated carbocycles. The first-order valence-corrected chi connectivity index (χ1v) is 7.69. The zero-order valence-corrected chi connectivity index (χ0v) is 13.9. The molecule has 2 aromatic heterocycles. The van der Waals surface area contributed by atoms with Gasteiger partial charge in [-0.25, -0.2) is 5.43 Å². The van der Waals surface area contributed by atoms with Gasteiger partial charge < -0.3 is 4.57 Å². The number of carbonyl (C=O) groups excluding carboxylic acids is 1. The Labute approximate surface area is 141 Å². The first-order chi connectivity index (χ1) is 11.1. The number of aromatic nitrogens is 3. The lowest BCUT2D eigenvalue weighted by Gasteiger charge is -1.97. The Kier molecular flexibility index (Phi) is 4.38. The number of carbonyl (C=O) groups is 1. The number of H-pyrrole nitrogens is 1. The number of hydrogen-bond donors (Lipinski definition) is 2. The van der Waals surface area contributed by atoms with Gasteiger partial charge in [-0.1, -0.05) is 28.1 Å². The van der Waals surface area contributed by atoms with E-state index >= 15 is 0 Å². The molecule has 0 aliphatic heterocycles. The average Bonchev–Trinajstić information content (AvgIpc) is 3.15. The van der Waals surface area contributed by atoms with Crippen LogP contribution < -0.4 is 5.43 Å². The van der Waals surface area contributed by atoms with Gasteiger partial charge in [0.1, 0.15) is 11.4 Å². The first kappa shape index (κ1) is 15.2. The summed E-state index contributed by atoms with van der Waals surface area (Å²) >= 11 is 3.38. The van der Waals surface area contributed by atoms with E-state index < -0.39 is 0 Å². The number of hydrazone groups is 1. The molecule has 0 aliphatic carbocycles. The second kappa shape index (κ2) is 6.62. The molecular formula is C16H14BrN5O. The van der Waals surface area contributed by atoms with Crippen LogP contribution in [-0.2, 0) is 7.05 Å². The highest BCUT2D eigenvalue weighted by Crippen LogP contribution is 2.17. The Morgan fingerprint density at radius 1 is 1.35 bits per heavy atom. The lowest BCUT2D eigenvalue weighted by Crippen LogP contribution is -2.18. The van der Waals surface area contributed by atoms with Crippen LogP contribution in [0.3, 0.4) is 0 Å². The van der Waals surface area contributed by atoms with Gasteiger partial charge in [0.15, 0.2) is 0 Å². The fourth-order valence-corrected chi connectivity index (χ4v) is 2.53. The van der Waals surface area contributed by atoms with Crippen molar-refractivity contribution in [3.05, 3.63) is 64.4 Å². The van der Waals surface area contributed by atoms with E-state index in [0.29, 0.717) is 11.4 Å². The number of halogens is 1. The third-order valence-electron chi connectivity index (χ3n) is 3.26. The molecule has 0 spiro atoms. The highest BCUT2D eigenvalue weighted by molar-refractivity contribution is 9.10. The van der Waals surface area contributed by atoms with Crippen molar-refractivity contribution < 1.29 is 4.79 Å². The summed E-state index contributed by atoms with van der Waals surface area (Å²) in [6.45, 7) is 0. The Morgan fingerprint density at radius 3 is 2.96 bits per heavy atom. The minimum atomic E-state index is -0.343. The zero-order chi connectivity index (χ0) is 16.2. The van der Waals surface area contributed by atoms with Crippen molar-refractivity contribution in [2.45, 2.75) is 0 Å². The first-order valence-electron chi connectivity index (χ1n) is 6.89. The third-order valence-corrected chi connectivity index (χ3v) is 3.75. The van der Waals surface area contributed by atoms with E-state index in [4.69, 9.17) is 0 Å². The number of aryl methyl sites for hydroxylation is 1. The largest absolute Gasteiger partial charge is 0.349 e. The van der Waals surface area contributed by atoms with Crippen LogP contribution >= 0.6 is 15.9 Å². The van der Waals surface area contributed by atoms with Crippen molar-refractivity contribution in [2.75, 3.05) is 0 Å². The van der Waals surface area contributed by atoms with Crippen LogP contribution in [0.1, 0.15) is 16.1 Å². The lowest BCUT2D eigenvalue weighted by atomic mass is 10.2. The number of aromatic amines is 1. The van der Waals surface area contributed by atoms with Gasteiger partial charge in [0, 0.05) is 17.7 Å². The van der Waals surface area contributed by atoms with Crippen molar-refractivity contribution in [1.29, 1.82) is 0 Å². The molecule has 7 heteroatoms. The molecule has 3 aromatic rings. The summed E-state index contributed by atoms with van der Waals surface area (Å²) in [4.78, 5) is 12.1. The van der Waals surface area contributed by atoms with Gasteiger partial charge in [-0.05, 0) is 35.9 Å². The van der Waals surface area contributed by atoms with Crippen LogP contribution in [0.25, 0.3) is 11.4 Å². The van der Waals surface area contributed by atoms with E-state index in [9.17, 15) is 4.79 Å². The molecule has 116 valence electrons. The van der Waals surface area contributed by atoms with Crippen LogP contribution in [0.15, 0.2) is 58.2 Å². The topological polar surface area (TPSA) is 75.1 Å². The van der Waals surface area contributed by atoms with Crippen molar-refractivity contribution in [1.82, 2.24) is 20.2 Å². The van der Waals surface area contributed by atoms with Gasteiger partial charge >= 0.3 is 0 Å². The molecule has 0 bridgehead atoms. The van der Waals surface area contributed by atoms with Gasteiger partial charge in [0.2, 0.25) is 0 Å². The smallest absolute Gasteiger partial charge is 0.289 e. The number of amides is 1. The summed E-state index contributed by atoms with van der Waals surface area (Å²) in [7, 11) is 1.92. The number of hydrogen-bond acceptors (Lipinski definition) is 3. The highest BCUT2D eigenvalue weighted by atomic mass is 79.9. The maximum absolute atomic E-state index is 12.1. The Morgan fingerprint density at radius 2 is 2.22 bits per heavy atom. The molecule has 0 saturated heterocycles. The molecule has 6 nitrogen and oxygen atoms in total. The van der Waals surface area contributed by atoms with Crippen molar-refractivity contribution in [3.8, 4) is 11.4 Å². The number of nitrogens with one attached hydrogen (secondary N) is 2. The van der Waals surface area contributed by atoms with E-state index in [0.717, 1.165) is 15.7 Å².